The third-order valence-corrected chi connectivity index (χ3v) is 3.99. The van der Waals surface area contributed by atoms with Gasteiger partial charge in [0.05, 0.1) is 6.10 Å². The first-order valence-electron chi connectivity index (χ1n) is 6.80. The van der Waals surface area contributed by atoms with Gasteiger partial charge < -0.3 is 15.0 Å². The highest BCUT2D eigenvalue weighted by Gasteiger charge is 2.26. The average Bonchev–Trinajstić information content (AvgIpc) is 3.10. The zero-order chi connectivity index (χ0) is 15.2. The Balaban J connectivity index is 1.93. The summed E-state index contributed by atoms with van der Waals surface area (Å²) in [5, 5.41) is 4.28. The summed E-state index contributed by atoms with van der Waals surface area (Å²) >= 11 is 7.19. The van der Waals surface area contributed by atoms with Crippen molar-refractivity contribution in [2.24, 2.45) is 0 Å². The molecule has 2 rings (SSSR count). The molecule has 1 aromatic rings. The molecule has 21 heavy (non-hydrogen) atoms. The van der Waals surface area contributed by atoms with Crippen molar-refractivity contribution in [3.63, 3.8) is 0 Å². The molecule has 0 radical (unpaired) electrons. The number of hydrogen-bond donors (Lipinski definition) is 1. The summed E-state index contributed by atoms with van der Waals surface area (Å²) in [5.74, 6) is -0.546. The standard InChI is InChI=1S/C13H18ClN3O3S/c1-9(14)12(19)17(7-10-3-2-5-20-10)8-11(18)16-13-15-4-6-21-13/h4,6,9-10H,2-3,5,7-8H2,1H3,(H,15,16,18)/t9-,10+/m0/s1. The maximum absolute atomic E-state index is 12.1. The molecule has 8 heteroatoms. The lowest BCUT2D eigenvalue weighted by molar-refractivity contribution is -0.135. The van der Waals surface area contributed by atoms with E-state index in [1.165, 1.54) is 16.2 Å². The lowest BCUT2D eigenvalue weighted by Gasteiger charge is -2.25. The number of nitrogens with one attached hydrogen (secondary N) is 1. The van der Waals surface area contributed by atoms with Crippen LogP contribution in [0.25, 0.3) is 0 Å². The zero-order valence-corrected chi connectivity index (χ0v) is 13.3. The summed E-state index contributed by atoms with van der Waals surface area (Å²) in [6.45, 7) is 2.65. The Hall–Kier alpha value is -1.18. The van der Waals surface area contributed by atoms with Crippen LogP contribution in [0.5, 0.6) is 0 Å². The van der Waals surface area contributed by atoms with Crippen LogP contribution >= 0.6 is 22.9 Å². The maximum atomic E-state index is 12.1. The van der Waals surface area contributed by atoms with Crippen LogP contribution in [0.1, 0.15) is 19.8 Å². The number of aromatic nitrogens is 1. The number of hydrogen-bond acceptors (Lipinski definition) is 5. The minimum Gasteiger partial charge on any atom is -0.376 e. The third kappa shape index (κ3) is 4.94. The van der Waals surface area contributed by atoms with Crippen LogP contribution in [0.15, 0.2) is 11.6 Å². The first-order valence-corrected chi connectivity index (χ1v) is 8.11. The molecule has 1 aliphatic heterocycles. The van der Waals surface area contributed by atoms with Gasteiger partial charge in [-0.3, -0.25) is 9.59 Å². The second-order valence-corrected chi connectivity index (χ2v) is 6.40. The van der Waals surface area contributed by atoms with E-state index in [1.54, 1.807) is 18.5 Å². The molecular formula is C13H18ClN3O3S. The summed E-state index contributed by atoms with van der Waals surface area (Å²) in [5.41, 5.74) is 0. The molecule has 0 aromatic carbocycles. The van der Waals surface area contributed by atoms with Crippen molar-refractivity contribution in [1.82, 2.24) is 9.88 Å². The number of thiazole rings is 1. The molecule has 0 bridgehead atoms. The van der Waals surface area contributed by atoms with E-state index in [1.807, 2.05) is 0 Å². The molecule has 1 N–H and O–H groups in total. The van der Waals surface area contributed by atoms with Crippen molar-refractivity contribution >= 4 is 39.9 Å². The van der Waals surface area contributed by atoms with Crippen LogP contribution in [0.2, 0.25) is 0 Å². The molecule has 6 nitrogen and oxygen atoms in total. The quantitative estimate of drug-likeness (QED) is 0.806. The molecule has 0 saturated carbocycles. The Labute approximate surface area is 132 Å². The van der Waals surface area contributed by atoms with E-state index in [0.29, 0.717) is 18.3 Å². The average molecular weight is 332 g/mol. The van der Waals surface area contributed by atoms with Gasteiger partial charge in [-0.1, -0.05) is 0 Å². The molecule has 116 valence electrons. The Morgan fingerprint density at radius 2 is 2.48 bits per heavy atom. The van der Waals surface area contributed by atoms with E-state index >= 15 is 0 Å². The normalized spacial score (nSPS) is 19.2. The van der Waals surface area contributed by atoms with Gasteiger partial charge in [0.15, 0.2) is 5.13 Å². The molecule has 0 aliphatic carbocycles. The van der Waals surface area contributed by atoms with Gasteiger partial charge in [-0.05, 0) is 19.8 Å². The van der Waals surface area contributed by atoms with E-state index in [2.05, 4.69) is 10.3 Å². The monoisotopic (exact) mass is 331 g/mol. The minimum atomic E-state index is -0.668. The number of amides is 2. The number of alkyl halides is 1. The first kappa shape index (κ1) is 16.2. The summed E-state index contributed by atoms with van der Waals surface area (Å²) in [4.78, 5) is 29.5. The number of ether oxygens (including phenoxy) is 1. The molecule has 2 atom stereocenters. The largest absolute Gasteiger partial charge is 0.376 e. The van der Waals surface area contributed by atoms with Crippen molar-refractivity contribution in [3.05, 3.63) is 11.6 Å². The summed E-state index contributed by atoms with van der Waals surface area (Å²) in [6, 6.07) is 0. The van der Waals surface area contributed by atoms with Crippen LogP contribution in [-0.4, -0.2) is 52.9 Å². The lowest BCUT2D eigenvalue weighted by atomic mass is 10.2. The molecule has 0 spiro atoms. The topological polar surface area (TPSA) is 71.5 Å². The first-order chi connectivity index (χ1) is 10.1. The smallest absolute Gasteiger partial charge is 0.245 e. The minimum absolute atomic E-state index is 0.0166. The van der Waals surface area contributed by atoms with Crippen LogP contribution in [-0.2, 0) is 14.3 Å². The highest BCUT2D eigenvalue weighted by Crippen LogP contribution is 2.15. The maximum Gasteiger partial charge on any atom is 0.245 e. The highest BCUT2D eigenvalue weighted by atomic mass is 35.5. The Morgan fingerprint density at radius 3 is 3.05 bits per heavy atom. The van der Waals surface area contributed by atoms with Crippen molar-refractivity contribution in [3.8, 4) is 0 Å². The van der Waals surface area contributed by atoms with Gasteiger partial charge in [-0.25, -0.2) is 4.98 Å². The number of halogens is 1. The highest BCUT2D eigenvalue weighted by molar-refractivity contribution is 7.13. The van der Waals surface area contributed by atoms with Gasteiger partial charge in [0, 0.05) is 24.7 Å². The van der Waals surface area contributed by atoms with E-state index in [-0.39, 0.29) is 24.5 Å². The predicted molar refractivity (Wildman–Crippen MR) is 81.6 cm³/mol. The number of carbonyl (C=O) groups excluding carboxylic acids is 2. The second kappa shape index (κ2) is 7.72. The Morgan fingerprint density at radius 1 is 1.67 bits per heavy atom. The fourth-order valence-corrected chi connectivity index (χ4v) is 2.82. The molecular weight excluding hydrogens is 314 g/mol. The zero-order valence-electron chi connectivity index (χ0n) is 11.8. The van der Waals surface area contributed by atoms with E-state index in [0.717, 1.165) is 12.8 Å². The Kier molecular flexibility index (Phi) is 5.96. The number of rotatable bonds is 6. The van der Waals surface area contributed by atoms with Gasteiger partial charge in [0.25, 0.3) is 0 Å². The molecule has 1 aliphatic rings. The summed E-state index contributed by atoms with van der Waals surface area (Å²) in [7, 11) is 0. The predicted octanol–water partition coefficient (Wildman–Crippen LogP) is 1.72. The molecule has 1 aromatic heterocycles. The summed E-state index contributed by atoms with van der Waals surface area (Å²) in [6.07, 6.45) is 3.47. The second-order valence-electron chi connectivity index (χ2n) is 4.86. The van der Waals surface area contributed by atoms with E-state index in [4.69, 9.17) is 16.3 Å². The van der Waals surface area contributed by atoms with Crippen molar-refractivity contribution < 1.29 is 14.3 Å². The van der Waals surface area contributed by atoms with Gasteiger partial charge in [0.2, 0.25) is 11.8 Å². The molecule has 2 amide bonds. The molecule has 1 saturated heterocycles. The van der Waals surface area contributed by atoms with E-state index in [9.17, 15) is 9.59 Å². The molecule has 0 unspecified atom stereocenters. The van der Waals surface area contributed by atoms with Crippen molar-refractivity contribution in [1.29, 1.82) is 0 Å². The summed E-state index contributed by atoms with van der Waals surface area (Å²) < 4.78 is 5.52. The van der Waals surface area contributed by atoms with Crippen LogP contribution < -0.4 is 5.32 Å². The van der Waals surface area contributed by atoms with E-state index < -0.39 is 5.38 Å². The van der Waals surface area contributed by atoms with Crippen LogP contribution in [0.4, 0.5) is 5.13 Å². The number of nitrogens with zero attached hydrogens (tertiary/aromatic N) is 2. The fraction of sp³-hybridized carbons (Fsp3) is 0.615. The van der Waals surface area contributed by atoms with Gasteiger partial charge in [-0.2, -0.15) is 0 Å². The number of carbonyl (C=O) groups is 2. The SMILES string of the molecule is C[C@H](Cl)C(=O)N(CC(=O)Nc1nccs1)C[C@H]1CCCO1. The third-order valence-electron chi connectivity index (χ3n) is 3.11. The van der Waals surface area contributed by atoms with Crippen molar-refractivity contribution in [2.75, 3.05) is 25.0 Å². The van der Waals surface area contributed by atoms with Crippen LogP contribution in [0.3, 0.4) is 0 Å². The van der Waals surface area contributed by atoms with Crippen LogP contribution in [0, 0.1) is 0 Å². The van der Waals surface area contributed by atoms with Gasteiger partial charge in [-0.15, -0.1) is 22.9 Å². The van der Waals surface area contributed by atoms with Crippen molar-refractivity contribution in [2.45, 2.75) is 31.2 Å². The number of anilines is 1. The lowest BCUT2D eigenvalue weighted by Crippen LogP contribution is -2.44. The Bertz CT molecular complexity index is 475. The molecule has 2 heterocycles. The molecule has 1 fully saturated rings. The van der Waals surface area contributed by atoms with Gasteiger partial charge >= 0.3 is 0 Å². The fourth-order valence-electron chi connectivity index (χ4n) is 2.14. The van der Waals surface area contributed by atoms with Gasteiger partial charge in [0.1, 0.15) is 11.9 Å².